The van der Waals surface area contributed by atoms with Crippen LogP contribution >= 0.6 is 11.6 Å². The summed E-state index contributed by atoms with van der Waals surface area (Å²) in [6.07, 6.45) is 0.919. The van der Waals surface area contributed by atoms with Crippen molar-refractivity contribution in [3.63, 3.8) is 0 Å². The molecule has 0 N–H and O–H groups in total. The molecule has 2 fully saturated rings. The molecule has 2 aliphatic heterocycles. The van der Waals surface area contributed by atoms with Crippen molar-refractivity contribution in [2.75, 3.05) is 39.3 Å². The molecule has 0 aliphatic carbocycles. The topological polar surface area (TPSA) is 95.1 Å². The summed E-state index contributed by atoms with van der Waals surface area (Å²) in [5.74, 6) is -0.369. The predicted molar refractivity (Wildman–Crippen MR) is 130 cm³/mol. The maximum Gasteiger partial charge on any atom is 0.243 e. The lowest BCUT2D eigenvalue weighted by Gasteiger charge is -2.37. The van der Waals surface area contributed by atoms with Crippen molar-refractivity contribution in [3.8, 4) is 0 Å². The molecule has 0 aromatic heterocycles. The highest BCUT2D eigenvalue weighted by atomic mass is 35.5. The minimum Gasteiger partial charge on any atom is -0.340 e. The van der Waals surface area contributed by atoms with E-state index in [2.05, 4.69) is 0 Å². The first-order valence-electron chi connectivity index (χ1n) is 11.2. The summed E-state index contributed by atoms with van der Waals surface area (Å²) in [6, 6.07) is 15.0. The van der Waals surface area contributed by atoms with Crippen LogP contribution in [0.1, 0.15) is 18.4 Å². The van der Waals surface area contributed by atoms with Crippen molar-refractivity contribution >= 4 is 37.6 Å². The molecule has 0 saturated carbocycles. The van der Waals surface area contributed by atoms with Crippen molar-refractivity contribution in [3.05, 3.63) is 65.2 Å². The number of nitrogens with zero attached hydrogens (tertiary/aromatic N) is 3. The highest BCUT2D eigenvalue weighted by molar-refractivity contribution is 7.89. The number of rotatable bonds is 6. The number of carbonyl (C=O) groups excluding carboxylic acids is 1. The second-order valence-corrected chi connectivity index (χ2v) is 12.9. The molecule has 0 atom stereocenters. The monoisotopic (exact) mass is 525 g/mol. The molecule has 0 radical (unpaired) electrons. The van der Waals surface area contributed by atoms with Crippen LogP contribution in [0.25, 0.3) is 0 Å². The molecule has 8 nitrogen and oxygen atoms in total. The minimum absolute atomic E-state index is 0.0218. The zero-order valence-corrected chi connectivity index (χ0v) is 21.1. The van der Waals surface area contributed by atoms with E-state index in [4.69, 9.17) is 11.6 Å². The molecule has 0 unspecified atom stereocenters. The molecule has 2 aromatic carbocycles. The summed E-state index contributed by atoms with van der Waals surface area (Å²) < 4.78 is 54.1. The quantitative estimate of drug-likeness (QED) is 0.577. The lowest BCUT2D eigenvalue weighted by Crippen LogP contribution is -2.53. The Labute approximate surface area is 206 Å². The lowest BCUT2D eigenvalue weighted by molar-refractivity contribution is -0.137. The van der Waals surface area contributed by atoms with Gasteiger partial charge in [0.1, 0.15) is 0 Å². The van der Waals surface area contributed by atoms with E-state index in [1.54, 1.807) is 59.5 Å². The lowest BCUT2D eigenvalue weighted by atomic mass is 9.96. The summed E-state index contributed by atoms with van der Waals surface area (Å²) in [6.45, 7) is 1.76. The summed E-state index contributed by atoms with van der Waals surface area (Å²) >= 11 is 5.87. The minimum atomic E-state index is -3.57. The molecule has 1 amide bonds. The second kappa shape index (κ2) is 10.3. The molecule has 2 aromatic rings. The highest BCUT2D eigenvalue weighted by Gasteiger charge is 2.35. The average molecular weight is 526 g/mol. The second-order valence-electron chi connectivity index (χ2n) is 8.60. The van der Waals surface area contributed by atoms with Crippen LogP contribution < -0.4 is 0 Å². The summed E-state index contributed by atoms with van der Waals surface area (Å²) in [7, 11) is -7.05. The van der Waals surface area contributed by atoms with E-state index < -0.39 is 20.0 Å². The van der Waals surface area contributed by atoms with Gasteiger partial charge in [-0.3, -0.25) is 4.79 Å². The Morgan fingerprint density at radius 3 is 1.97 bits per heavy atom. The van der Waals surface area contributed by atoms with E-state index in [1.165, 1.54) is 8.61 Å². The van der Waals surface area contributed by atoms with Crippen LogP contribution in [0.2, 0.25) is 5.02 Å². The van der Waals surface area contributed by atoms with E-state index >= 15 is 0 Å². The van der Waals surface area contributed by atoms with Crippen LogP contribution in [0.5, 0.6) is 0 Å². The number of carbonyl (C=O) groups is 1. The molecule has 34 heavy (non-hydrogen) atoms. The van der Waals surface area contributed by atoms with Crippen molar-refractivity contribution < 1.29 is 21.6 Å². The summed E-state index contributed by atoms with van der Waals surface area (Å²) in [4.78, 5) is 15.0. The van der Waals surface area contributed by atoms with Gasteiger partial charge in [-0.25, -0.2) is 21.1 Å². The smallest absolute Gasteiger partial charge is 0.243 e. The zero-order chi connectivity index (χ0) is 24.3. The first-order valence-corrected chi connectivity index (χ1v) is 14.7. The van der Waals surface area contributed by atoms with Gasteiger partial charge in [-0.2, -0.15) is 4.31 Å². The van der Waals surface area contributed by atoms with Gasteiger partial charge in [-0.05, 0) is 42.7 Å². The van der Waals surface area contributed by atoms with Crippen LogP contribution in [0, 0.1) is 5.92 Å². The van der Waals surface area contributed by atoms with Crippen LogP contribution in [-0.2, 0) is 30.6 Å². The van der Waals surface area contributed by atoms with Crippen LogP contribution in [0.3, 0.4) is 0 Å². The molecule has 11 heteroatoms. The Bertz CT molecular complexity index is 1210. The van der Waals surface area contributed by atoms with E-state index in [0.29, 0.717) is 49.6 Å². The van der Waals surface area contributed by atoms with Crippen LogP contribution in [0.4, 0.5) is 0 Å². The van der Waals surface area contributed by atoms with Gasteiger partial charge in [0.2, 0.25) is 26.0 Å². The Kier molecular flexibility index (Phi) is 7.63. The zero-order valence-electron chi connectivity index (χ0n) is 18.7. The van der Waals surface area contributed by atoms with E-state index in [0.717, 1.165) is 0 Å². The van der Waals surface area contributed by atoms with Gasteiger partial charge in [-0.1, -0.05) is 41.9 Å². The molecular formula is C23H28ClN3O5S2. The first-order chi connectivity index (χ1) is 16.2. The Morgan fingerprint density at radius 2 is 1.38 bits per heavy atom. The number of hydrogen-bond donors (Lipinski definition) is 0. The van der Waals surface area contributed by atoms with Crippen molar-refractivity contribution in [2.24, 2.45) is 5.92 Å². The Balaban J connectivity index is 1.29. The highest BCUT2D eigenvalue weighted by Crippen LogP contribution is 2.25. The number of benzene rings is 2. The average Bonchev–Trinajstić information content (AvgIpc) is 2.85. The van der Waals surface area contributed by atoms with Gasteiger partial charge in [0.15, 0.2) is 0 Å². The maximum absolute atomic E-state index is 13.0. The number of amides is 1. The van der Waals surface area contributed by atoms with E-state index in [1.807, 2.05) is 0 Å². The number of piperidine rings is 1. The molecule has 2 heterocycles. The predicted octanol–water partition coefficient (Wildman–Crippen LogP) is 2.41. The summed E-state index contributed by atoms with van der Waals surface area (Å²) in [5, 5.41) is 0.555. The van der Waals surface area contributed by atoms with Gasteiger partial charge >= 0.3 is 0 Å². The van der Waals surface area contributed by atoms with Gasteiger partial charge in [0.25, 0.3) is 0 Å². The Hall–Kier alpha value is -1.98. The fraction of sp³-hybridized carbons (Fsp3) is 0.435. The van der Waals surface area contributed by atoms with Crippen molar-refractivity contribution in [1.82, 2.24) is 13.5 Å². The number of piperazine rings is 1. The van der Waals surface area contributed by atoms with Crippen molar-refractivity contribution in [1.29, 1.82) is 0 Å². The number of hydrogen-bond acceptors (Lipinski definition) is 5. The van der Waals surface area contributed by atoms with Crippen molar-refractivity contribution in [2.45, 2.75) is 23.5 Å². The van der Waals surface area contributed by atoms with Gasteiger partial charge in [-0.15, -0.1) is 0 Å². The molecule has 0 bridgehead atoms. The molecule has 0 spiro atoms. The van der Waals surface area contributed by atoms with Gasteiger partial charge in [0.05, 0.1) is 10.6 Å². The number of sulfonamides is 2. The third-order valence-electron chi connectivity index (χ3n) is 6.39. The van der Waals surface area contributed by atoms with Gasteiger partial charge in [0, 0.05) is 50.2 Å². The Morgan fingerprint density at radius 1 is 0.794 bits per heavy atom. The van der Waals surface area contributed by atoms with Crippen LogP contribution in [-0.4, -0.2) is 75.5 Å². The fourth-order valence-electron chi connectivity index (χ4n) is 4.41. The first kappa shape index (κ1) is 25.1. The molecule has 2 saturated heterocycles. The number of halogens is 1. The largest absolute Gasteiger partial charge is 0.340 e. The SMILES string of the molecule is O=C(C1CCN(S(=O)(=O)Cc2ccc(Cl)cc2)CC1)N1CCN(S(=O)(=O)c2ccccc2)CC1. The van der Waals surface area contributed by atoms with E-state index in [9.17, 15) is 21.6 Å². The fourth-order valence-corrected chi connectivity index (χ4v) is 7.54. The molecule has 4 rings (SSSR count). The molecule has 184 valence electrons. The molecule has 2 aliphatic rings. The van der Waals surface area contributed by atoms with Gasteiger partial charge < -0.3 is 4.90 Å². The molecular weight excluding hydrogens is 498 g/mol. The van der Waals surface area contributed by atoms with E-state index in [-0.39, 0.29) is 35.6 Å². The van der Waals surface area contributed by atoms with Crippen LogP contribution in [0.15, 0.2) is 59.5 Å². The standard InChI is InChI=1S/C23H28ClN3O5S2/c24-21-8-6-19(7-9-21)18-33(29,30)26-12-10-20(11-13-26)23(28)25-14-16-27(17-15-25)34(31,32)22-4-2-1-3-5-22/h1-9,20H,10-18H2. The maximum atomic E-state index is 13.0. The normalized spacial score (nSPS) is 19.3. The third-order valence-corrected chi connectivity index (χ3v) is 10.4. The summed E-state index contributed by atoms with van der Waals surface area (Å²) in [5.41, 5.74) is 0.672. The third kappa shape index (κ3) is 5.63.